The highest BCUT2D eigenvalue weighted by Crippen LogP contribution is 2.09. The lowest BCUT2D eigenvalue weighted by atomic mass is 10.2. The second kappa shape index (κ2) is 5.40. The van der Waals surface area contributed by atoms with Gasteiger partial charge in [0, 0.05) is 25.8 Å². The highest BCUT2D eigenvalue weighted by Gasteiger charge is 2.07. The third kappa shape index (κ3) is 2.65. The van der Waals surface area contributed by atoms with Gasteiger partial charge in [0.05, 0.1) is 6.20 Å². The van der Waals surface area contributed by atoms with Gasteiger partial charge in [-0.15, -0.1) is 0 Å². The molecule has 21 heavy (non-hydrogen) atoms. The first-order chi connectivity index (χ1) is 10.1. The second-order valence-corrected chi connectivity index (χ2v) is 5.04. The zero-order chi connectivity index (χ0) is 14.8. The monoisotopic (exact) mass is 283 g/mol. The summed E-state index contributed by atoms with van der Waals surface area (Å²) in [6, 6.07) is 8.15. The molecular weight excluding hydrogens is 266 g/mol. The van der Waals surface area contributed by atoms with E-state index in [-0.39, 0.29) is 5.56 Å². The van der Waals surface area contributed by atoms with Crippen LogP contribution in [0.3, 0.4) is 0 Å². The Morgan fingerprint density at radius 1 is 1.33 bits per heavy atom. The molecule has 0 unspecified atom stereocenters. The average Bonchev–Trinajstić information content (AvgIpc) is 2.84. The Hall–Kier alpha value is -2.63. The standard InChI is InChI=1S/C15H17N5O/c1-11-4-3-5-12(8-11)16-6-7-20-10-17-14-13(15(20)21)9-18-19(14)2/h3-5,8-10,16H,6-7H2,1-2H3. The van der Waals surface area contributed by atoms with Crippen molar-refractivity contribution in [2.24, 2.45) is 7.05 Å². The Bertz CT molecular complexity index is 833. The van der Waals surface area contributed by atoms with Gasteiger partial charge in [-0.1, -0.05) is 12.1 Å². The highest BCUT2D eigenvalue weighted by molar-refractivity contribution is 5.72. The molecule has 3 aromatic rings. The van der Waals surface area contributed by atoms with Crippen LogP contribution < -0.4 is 10.9 Å². The molecule has 0 aliphatic rings. The van der Waals surface area contributed by atoms with Crippen LogP contribution in [0.2, 0.25) is 0 Å². The third-order valence-corrected chi connectivity index (χ3v) is 3.42. The van der Waals surface area contributed by atoms with E-state index in [4.69, 9.17) is 0 Å². The molecule has 0 amide bonds. The third-order valence-electron chi connectivity index (χ3n) is 3.42. The summed E-state index contributed by atoms with van der Waals surface area (Å²) in [5.74, 6) is 0. The van der Waals surface area contributed by atoms with Crippen LogP contribution in [0.4, 0.5) is 5.69 Å². The molecule has 0 saturated heterocycles. The maximum atomic E-state index is 12.3. The second-order valence-electron chi connectivity index (χ2n) is 5.04. The predicted octanol–water partition coefficient (Wildman–Crippen LogP) is 1.55. The van der Waals surface area contributed by atoms with Crippen molar-refractivity contribution in [1.29, 1.82) is 0 Å². The van der Waals surface area contributed by atoms with Gasteiger partial charge in [-0.3, -0.25) is 14.0 Å². The SMILES string of the molecule is Cc1cccc(NCCn2cnc3c(cnn3C)c2=O)c1. The van der Waals surface area contributed by atoms with Crippen LogP contribution in [-0.2, 0) is 13.6 Å². The highest BCUT2D eigenvalue weighted by atomic mass is 16.1. The van der Waals surface area contributed by atoms with Crippen molar-refractivity contribution in [2.75, 3.05) is 11.9 Å². The topological polar surface area (TPSA) is 64.7 Å². The van der Waals surface area contributed by atoms with Gasteiger partial charge < -0.3 is 5.32 Å². The normalized spacial score (nSPS) is 11.0. The molecule has 1 N–H and O–H groups in total. The van der Waals surface area contributed by atoms with Crippen molar-refractivity contribution in [2.45, 2.75) is 13.5 Å². The smallest absolute Gasteiger partial charge is 0.264 e. The molecule has 1 aromatic carbocycles. The molecule has 6 nitrogen and oxygen atoms in total. The number of benzene rings is 1. The summed E-state index contributed by atoms with van der Waals surface area (Å²) < 4.78 is 3.21. The number of rotatable bonds is 4. The first-order valence-corrected chi connectivity index (χ1v) is 6.83. The summed E-state index contributed by atoms with van der Waals surface area (Å²) in [5, 5.41) is 7.92. The fourth-order valence-corrected chi connectivity index (χ4v) is 2.30. The number of anilines is 1. The molecule has 0 aliphatic heterocycles. The molecule has 3 rings (SSSR count). The van der Waals surface area contributed by atoms with Gasteiger partial charge in [0.2, 0.25) is 0 Å². The minimum atomic E-state index is -0.0563. The largest absolute Gasteiger partial charge is 0.383 e. The Balaban J connectivity index is 1.74. The molecular formula is C15H17N5O. The number of aromatic nitrogens is 4. The Morgan fingerprint density at radius 3 is 3.00 bits per heavy atom. The first kappa shape index (κ1) is 13.4. The van der Waals surface area contributed by atoms with Crippen LogP contribution >= 0.6 is 0 Å². The zero-order valence-corrected chi connectivity index (χ0v) is 12.1. The Labute approximate surface area is 122 Å². The Morgan fingerprint density at radius 2 is 2.19 bits per heavy atom. The molecule has 6 heteroatoms. The lowest BCUT2D eigenvalue weighted by Crippen LogP contribution is -2.24. The van der Waals surface area contributed by atoms with E-state index >= 15 is 0 Å². The first-order valence-electron chi connectivity index (χ1n) is 6.83. The van der Waals surface area contributed by atoms with Gasteiger partial charge in [-0.25, -0.2) is 4.98 Å². The lowest BCUT2D eigenvalue weighted by molar-refractivity contribution is 0.686. The Kier molecular flexibility index (Phi) is 3.43. The fraction of sp³-hybridized carbons (Fsp3) is 0.267. The molecule has 0 saturated carbocycles. The van der Waals surface area contributed by atoms with Gasteiger partial charge in [0.1, 0.15) is 11.7 Å². The van der Waals surface area contributed by atoms with Gasteiger partial charge in [-0.05, 0) is 24.6 Å². The number of hydrogen-bond acceptors (Lipinski definition) is 4. The molecule has 0 fully saturated rings. The minimum absolute atomic E-state index is 0.0563. The number of nitrogens with zero attached hydrogens (tertiary/aromatic N) is 4. The molecule has 0 bridgehead atoms. The lowest BCUT2D eigenvalue weighted by Gasteiger charge is -2.08. The minimum Gasteiger partial charge on any atom is -0.383 e. The fourth-order valence-electron chi connectivity index (χ4n) is 2.30. The van der Waals surface area contributed by atoms with Crippen molar-refractivity contribution in [3.8, 4) is 0 Å². The van der Waals surface area contributed by atoms with E-state index in [0.29, 0.717) is 24.1 Å². The van der Waals surface area contributed by atoms with E-state index in [2.05, 4.69) is 34.5 Å². The molecule has 0 atom stereocenters. The molecule has 0 aliphatic carbocycles. The number of nitrogens with one attached hydrogen (secondary N) is 1. The van der Waals surface area contributed by atoms with E-state index < -0.39 is 0 Å². The van der Waals surface area contributed by atoms with Gasteiger partial charge in [0.25, 0.3) is 5.56 Å². The van der Waals surface area contributed by atoms with Crippen LogP contribution in [0.5, 0.6) is 0 Å². The van der Waals surface area contributed by atoms with Crippen molar-refractivity contribution in [3.05, 3.63) is 52.7 Å². The summed E-state index contributed by atoms with van der Waals surface area (Å²) >= 11 is 0. The number of hydrogen-bond donors (Lipinski definition) is 1. The van der Waals surface area contributed by atoms with Gasteiger partial charge in [0.15, 0.2) is 5.65 Å². The van der Waals surface area contributed by atoms with E-state index in [1.54, 1.807) is 28.8 Å². The number of aryl methyl sites for hydroxylation is 2. The van der Waals surface area contributed by atoms with E-state index in [9.17, 15) is 4.79 Å². The van der Waals surface area contributed by atoms with Crippen LogP contribution in [-0.4, -0.2) is 25.9 Å². The van der Waals surface area contributed by atoms with Crippen LogP contribution in [0.15, 0.2) is 41.6 Å². The summed E-state index contributed by atoms with van der Waals surface area (Å²) in [4.78, 5) is 16.6. The van der Waals surface area contributed by atoms with Gasteiger partial charge in [-0.2, -0.15) is 5.10 Å². The van der Waals surface area contributed by atoms with Crippen molar-refractivity contribution < 1.29 is 0 Å². The quantitative estimate of drug-likeness (QED) is 0.789. The van der Waals surface area contributed by atoms with Crippen LogP contribution in [0.1, 0.15) is 5.56 Å². The molecule has 2 heterocycles. The maximum absolute atomic E-state index is 12.3. The summed E-state index contributed by atoms with van der Waals surface area (Å²) in [6.07, 6.45) is 3.14. The van der Waals surface area contributed by atoms with E-state index in [1.807, 2.05) is 12.1 Å². The van der Waals surface area contributed by atoms with Crippen LogP contribution in [0.25, 0.3) is 11.0 Å². The summed E-state index contributed by atoms with van der Waals surface area (Å²) in [7, 11) is 1.78. The van der Waals surface area contributed by atoms with E-state index in [0.717, 1.165) is 5.69 Å². The summed E-state index contributed by atoms with van der Waals surface area (Å²) in [6.45, 7) is 3.28. The van der Waals surface area contributed by atoms with Crippen LogP contribution in [0, 0.1) is 6.92 Å². The molecule has 0 spiro atoms. The van der Waals surface area contributed by atoms with Crippen molar-refractivity contribution in [1.82, 2.24) is 19.3 Å². The average molecular weight is 283 g/mol. The zero-order valence-electron chi connectivity index (χ0n) is 12.1. The predicted molar refractivity (Wildman–Crippen MR) is 82.4 cm³/mol. The molecule has 2 aromatic heterocycles. The molecule has 108 valence electrons. The van der Waals surface area contributed by atoms with E-state index in [1.165, 1.54) is 5.56 Å². The van der Waals surface area contributed by atoms with Crippen molar-refractivity contribution in [3.63, 3.8) is 0 Å². The maximum Gasteiger partial charge on any atom is 0.264 e. The molecule has 0 radical (unpaired) electrons. The summed E-state index contributed by atoms with van der Waals surface area (Å²) in [5.41, 5.74) is 2.82. The van der Waals surface area contributed by atoms with Crippen molar-refractivity contribution >= 4 is 16.7 Å². The van der Waals surface area contributed by atoms with Gasteiger partial charge >= 0.3 is 0 Å². The number of fused-ring (bicyclic) bond motifs is 1.